The van der Waals surface area contributed by atoms with Crippen molar-refractivity contribution in [3.05, 3.63) is 47.5 Å². The maximum absolute atomic E-state index is 5.88. The smallest absolute Gasteiger partial charge is 0.0483 e. The molecule has 0 heterocycles. The Labute approximate surface area is 73.9 Å². The van der Waals surface area contributed by atoms with E-state index in [0.717, 1.165) is 0 Å². The van der Waals surface area contributed by atoms with Crippen molar-refractivity contribution in [2.24, 2.45) is 5.73 Å². The molecule has 1 rings (SSSR count). The van der Waals surface area contributed by atoms with Crippen LogP contribution in [0.15, 0.2) is 30.9 Å². The maximum Gasteiger partial charge on any atom is 0.0483 e. The predicted molar refractivity (Wildman–Crippen MR) is 53.0 cm³/mol. The molecule has 64 valence electrons. The topological polar surface area (TPSA) is 26.0 Å². The first kappa shape index (κ1) is 9.01. The van der Waals surface area contributed by atoms with Crippen LogP contribution < -0.4 is 5.73 Å². The van der Waals surface area contributed by atoms with Gasteiger partial charge in [0.2, 0.25) is 0 Å². The van der Waals surface area contributed by atoms with Gasteiger partial charge in [0.1, 0.15) is 0 Å². The zero-order valence-electron chi connectivity index (χ0n) is 7.67. The van der Waals surface area contributed by atoms with Gasteiger partial charge in [-0.05, 0) is 30.5 Å². The lowest BCUT2D eigenvalue weighted by Crippen LogP contribution is -2.09. The summed E-state index contributed by atoms with van der Waals surface area (Å²) in [5.41, 5.74) is 9.56. The third-order valence-corrected chi connectivity index (χ3v) is 2.13. The van der Waals surface area contributed by atoms with Crippen molar-refractivity contribution < 1.29 is 0 Å². The second-order valence-corrected chi connectivity index (χ2v) is 3.07. The summed E-state index contributed by atoms with van der Waals surface area (Å²) in [6, 6.07) is 6.16. The predicted octanol–water partition coefficient (Wildman–Crippen LogP) is 2.49. The van der Waals surface area contributed by atoms with Crippen LogP contribution in [0.5, 0.6) is 0 Å². The van der Waals surface area contributed by atoms with Crippen LogP contribution in [0.3, 0.4) is 0 Å². The Balaban J connectivity index is 3.20. The molecule has 0 unspecified atom stereocenters. The number of nitrogens with two attached hydrogens (primary N) is 1. The summed E-state index contributed by atoms with van der Waals surface area (Å²) in [7, 11) is 0. The average molecular weight is 161 g/mol. The molecule has 0 saturated heterocycles. The Hall–Kier alpha value is -1.08. The van der Waals surface area contributed by atoms with Crippen LogP contribution >= 0.6 is 0 Å². The molecule has 1 heteroatoms. The molecule has 0 amide bonds. The van der Waals surface area contributed by atoms with Crippen molar-refractivity contribution in [2.45, 2.75) is 19.9 Å². The van der Waals surface area contributed by atoms with Gasteiger partial charge in [-0.3, -0.25) is 0 Å². The third-order valence-electron chi connectivity index (χ3n) is 2.13. The second-order valence-electron chi connectivity index (χ2n) is 3.07. The number of benzene rings is 1. The van der Waals surface area contributed by atoms with Crippen molar-refractivity contribution in [3.8, 4) is 0 Å². The largest absolute Gasteiger partial charge is 0.321 e. The highest BCUT2D eigenvalue weighted by Gasteiger charge is 2.06. The van der Waals surface area contributed by atoms with E-state index < -0.39 is 0 Å². The summed E-state index contributed by atoms with van der Waals surface area (Å²) in [5.74, 6) is 0. The van der Waals surface area contributed by atoms with Gasteiger partial charge in [-0.25, -0.2) is 0 Å². The highest BCUT2D eigenvalue weighted by molar-refractivity contribution is 5.37. The van der Waals surface area contributed by atoms with Crippen LogP contribution in [0.4, 0.5) is 0 Å². The van der Waals surface area contributed by atoms with Crippen LogP contribution in [-0.2, 0) is 0 Å². The van der Waals surface area contributed by atoms with Gasteiger partial charge in [0.05, 0.1) is 0 Å². The number of hydrogen-bond acceptors (Lipinski definition) is 1. The first-order valence-corrected chi connectivity index (χ1v) is 4.11. The normalized spacial score (nSPS) is 12.6. The highest BCUT2D eigenvalue weighted by Crippen LogP contribution is 2.20. The monoisotopic (exact) mass is 161 g/mol. The second kappa shape index (κ2) is 3.55. The Morgan fingerprint density at radius 3 is 2.25 bits per heavy atom. The molecule has 0 bridgehead atoms. The van der Waals surface area contributed by atoms with Crippen LogP contribution in [0.2, 0.25) is 0 Å². The van der Waals surface area contributed by atoms with E-state index in [0.29, 0.717) is 0 Å². The Kier molecular flexibility index (Phi) is 2.66. The number of rotatable bonds is 2. The average Bonchev–Trinajstić information content (AvgIpc) is 2.03. The fourth-order valence-electron chi connectivity index (χ4n) is 1.47. The van der Waals surface area contributed by atoms with Gasteiger partial charge in [-0.2, -0.15) is 0 Å². The van der Waals surface area contributed by atoms with Gasteiger partial charge in [-0.15, -0.1) is 6.58 Å². The minimum Gasteiger partial charge on any atom is -0.321 e. The molecule has 1 aromatic carbocycles. The minimum absolute atomic E-state index is 0.0359. The van der Waals surface area contributed by atoms with Gasteiger partial charge in [0.15, 0.2) is 0 Å². The maximum atomic E-state index is 5.88. The molecule has 0 aliphatic rings. The third kappa shape index (κ3) is 1.56. The zero-order chi connectivity index (χ0) is 9.14. The van der Waals surface area contributed by atoms with Crippen molar-refractivity contribution in [2.75, 3.05) is 0 Å². The summed E-state index contributed by atoms with van der Waals surface area (Å²) < 4.78 is 0. The Morgan fingerprint density at radius 1 is 1.33 bits per heavy atom. The molecule has 0 aliphatic heterocycles. The molecule has 1 aromatic rings. The van der Waals surface area contributed by atoms with Crippen molar-refractivity contribution in [1.29, 1.82) is 0 Å². The van der Waals surface area contributed by atoms with Gasteiger partial charge in [0, 0.05) is 6.04 Å². The van der Waals surface area contributed by atoms with Crippen molar-refractivity contribution in [1.82, 2.24) is 0 Å². The van der Waals surface area contributed by atoms with E-state index >= 15 is 0 Å². The van der Waals surface area contributed by atoms with Crippen molar-refractivity contribution in [3.63, 3.8) is 0 Å². The molecule has 2 N–H and O–H groups in total. The van der Waals surface area contributed by atoms with E-state index in [4.69, 9.17) is 5.73 Å². The molecule has 1 nitrogen and oxygen atoms in total. The minimum atomic E-state index is -0.0359. The van der Waals surface area contributed by atoms with Gasteiger partial charge < -0.3 is 5.73 Å². The highest BCUT2D eigenvalue weighted by atomic mass is 14.6. The summed E-state index contributed by atoms with van der Waals surface area (Å²) >= 11 is 0. The number of hydrogen-bond donors (Lipinski definition) is 1. The number of aryl methyl sites for hydroxylation is 2. The molecule has 0 aromatic heterocycles. The summed E-state index contributed by atoms with van der Waals surface area (Å²) in [6.45, 7) is 7.84. The van der Waals surface area contributed by atoms with Crippen LogP contribution in [-0.4, -0.2) is 0 Å². The molecule has 0 spiro atoms. The van der Waals surface area contributed by atoms with Crippen LogP contribution in [0.25, 0.3) is 0 Å². The van der Waals surface area contributed by atoms with E-state index in [2.05, 4.69) is 32.6 Å². The standard InChI is InChI=1S/C11H15N/c1-4-10(12)11-8(2)6-5-7-9(11)3/h4-7,10H,1,12H2,2-3H3/t10-/m1/s1. The summed E-state index contributed by atoms with van der Waals surface area (Å²) in [5, 5.41) is 0. The van der Waals surface area contributed by atoms with E-state index in [9.17, 15) is 0 Å². The SMILES string of the molecule is C=C[C@@H](N)c1c(C)cccc1C. The van der Waals surface area contributed by atoms with E-state index in [1.165, 1.54) is 16.7 Å². The van der Waals surface area contributed by atoms with E-state index in [1.54, 1.807) is 6.08 Å². The van der Waals surface area contributed by atoms with Crippen LogP contribution in [0, 0.1) is 13.8 Å². The lowest BCUT2D eigenvalue weighted by Gasteiger charge is -2.13. The molecule has 1 atom stereocenters. The van der Waals surface area contributed by atoms with Gasteiger partial charge in [-0.1, -0.05) is 24.3 Å². The lowest BCUT2D eigenvalue weighted by molar-refractivity contribution is 0.890. The molecule has 0 fully saturated rings. The molecule has 0 aliphatic carbocycles. The fourth-order valence-corrected chi connectivity index (χ4v) is 1.47. The van der Waals surface area contributed by atoms with E-state index in [-0.39, 0.29) is 6.04 Å². The van der Waals surface area contributed by atoms with Crippen molar-refractivity contribution >= 4 is 0 Å². The summed E-state index contributed by atoms with van der Waals surface area (Å²) in [6.07, 6.45) is 1.77. The molecular weight excluding hydrogens is 146 g/mol. The molecular formula is C11H15N. The fraction of sp³-hybridized carbons (Fsp3) is 0.273. The lowest BCUT2D eigenvalue weighted by atomic mass is 9.97. The first-order chi connectivity index (χ1) is 5.66. The van der Waals surface area contributed by atoms with Gasteiger partial charge >= 0.3 is 0 Å². The quantitative estimate of drug-likeness (QED) is 0.662. The molecule has 0 saturated carbocycles. The summed E-state index contributed by atoms with van der Waals surface area (Å²) in [4.78, 5) is 0. The first-order valence-electron chi connectivity index (χ1n) is 4.11. The molecule has 0 radical (unpaired) electrons. The zero-order valence-corrected chi connectivity index (χ0v) is 7.67. The molecule has 12 heavy (non-hydrogen) atoms. The van der Waals surface area contributed by atoms with E-state index in [1.807, 2.05) is 6.07 Å². The van der Waals surface area contributed by atoms with Crippen LogP contribution in [0.1, 0.15) is 22.7 Å². The Bertz CT molecular complexity index is 269. The Morgan fingerprint density at radius 2 is 1.83 bits per heavy atom. The van der Waals surface area contributed by atoms with Gasteiger partial charge in [0.25, 0.3) is 0 Å².